The smallest absolute Gasteiger partial charge is 0.261 e. The number of carbonyl (C=O) groups is 1. The van der Waals surface area contributed by atoms with E-state index >= 15 is 0 Å². The van der Waals surface area contributed by atoms with E-state index in [0.717, 1.165) is 0 Å². The molecule has 1 amide bonds. The number of nitrogens with one attached hydrogen (secondary N) is 1. The van der Waals surface area contributed by atoms with Gasteiger partial charge in [0.25, 0.3) is 5.91 Å². The van der Waals surface area contributed by atoms with Crippen molar-refractivity contribution >= 4 is 34.8 Å². The highest BCUT2D eigenvalue weighted by atomic mass is 35.5. The van der Waals surface area contributed by atoms with Crippen molar-refractivity contribution in [2.75, 3.05) is 11.9 Å². The predicted octanol–water partition coefficient (Wildman–Crippen LogP) is 4.04. The van der Waals surface area contributed by atoms with Gasteiger partial charge in [-0.2, -0.15) is 0 Å². The van der Waals surface area contributed by atoms with E-state index in [4.69, 9.17) is 27.9 Å². The summed E-state index contributed by atoms with van der Waals surface area (Å²) in [6.07, 6.45) is 1.57. The molecule has 1 N–H and O–H groups in total. The van der Waals surface area contributed by atoms with Gasteiger partial charge in [-0.1, -0.05) is 23.2 Å². The third-order valence-electron chi connectivity index (χ3n) is 2.48. The van der Waals surface area contributed by atoms with Crippen LogP contribution in [0.1, 0.15) is 17.3 Å². The zero-order valence-corrected chi connectivity index (χ0v) is 12.2. The largest absolute Gasteiger partial charge is 0.477 e. The highest BCUT2D eigenvalue weighted by molar-refractivity contribution is 6.36. The third kappa shape index (κ3) is 3.40. The first kappa shape index (κ1) is 14.6. The van der Waals surface area contributed by atoms with Crippen molar-refractivity contribution in [2.24, 2.45) is 0 Å². The maximum atomic E-state index is 12.2. The molecule has 0 unspecified atom stereocenters. The molecule has 0 aliphatic heterocycles. The van der Waals surface area contributed by atoms with E-state index in [0.29, 0.717) is 27.9 Å². The number of ether oxygens (including phenoxy) is 1. The average molecular weight is 311 g/mol. The molecular weight excluding hydrogens is 299 g/mol. The molecule has 0 aliphatic rings. The Morgan fingerprint density at radius 1 is 1.35 bits per heavy atom. The molecule has 1 aromatic carbocycles. The fourth-order valence-electron chi connectivity index (χ4n) is 1.60. The lowest BCUT2D eigenvalue weighted by Crippen LogP contribution is -2.14. The van der Waals surface area contributed by atoms with Crippen molar-refractivity contribution in [3.63, 3.8) is 0 Å². The fraction of sp³-hybridized carbons (Fsp3) is 0.143. The summed E-state index contributed by atoms with van der Waals surface area (Å²) >= 11 is 11.8. The molecule has 2 aromatic rings. The van der Waals surface area contributed by atoms with E-state index in [1.165, 1.54) is 0 Å². The summed E-state index contributed by atoms with van der Waals surface area (Å²) in [6, 6.07) is 8.15. The molecule has 0 radical (unpaired) electrons. The molecule has 6 heteroatoms. The second-order valence-electron chi connectivity index (χ2n) is 3.87. The molecule has 0 aliphatic carbocycles. The van der Waals surface area contributed by atoms with Crippen LogP contribution < -0.4 is 10.1 Å². The summed E-state index contributed by atoms with van der Waals surface area (Å²) in [6.45, 7) is 2.26. The van der Waals surface area contributed by atoms with Crippen LogP contribution in [0.4, 0.5) is 5.69 Å². The maximum Gasteiger partial charge on any atom is 0.261 e. The number of carbonyl (C=O) groups excluding carboxylic acids is 1. The summed E-state index contributed by atoms with van der Waals surface area (Å²) in [7, 11) is 0. The first-order chi connectivity index (χ1) is 9.61. The highest BCUT2D eigenvalue weighted by Crippen LogP contribution is 2.26. The molecular formula is C14H12Cl2N2O2. The Morgan fingerprint density at radius 3 is 2.85 bits per heavy atom. The average Bonchev–Trinajstić information content (AvgIpc) is 2.43. The summed E-state index contributed by atoms with van der Waals surface area (Å²) in [5.41, 5.74) is 0.827. The van der Waals surface area contributed by atoms with Gasteiger partial charge in [0.05, 0.1) is 17.3 Å². The monoisotopic (exact) mass is 310 g/mol. The van der Waals surface area contributed by atoms with Crippen LogP contribution in [0.5, 0.6) is 5.88 Å². The van der Waals surface area contributed by atoms with Crippen LogP contribution in [0.2, 0.25) is 10.0 Å². The van der Waals surface area contributed by atoms with E-state index in [9.17, 15) is 4.79 Å². The molecule has 0 bridgehead atoms. The van der Waals surface area contributed by atoms with Gasteiger partial charge in [-0.15, -0.1) is 0 Å². The lowest BCUT2D eigenvalue weighted by molar-refractivity contribution is 0.102. The Balaban J connectivity index is 2.24. The molecule has 2 rings (SSSR count). The van der Waals surface area contributed by atoms with Gasteiger partial charge in [-0.25, -0.2) is 4.98 Å². The molecule has 104 valence electrons. The summed E-state index contributed by atoms with van der Waals surface area (Å²) in [4.78, 5) is 16.3. The topological polar surface area (TPSA) is 51.2 Å². The number of halogens is 2. The number of nitrogens with zero attached hydrogens (tertiary/aromatic N) is 1. The van der Waals surface area contributed by atoms with Crippen LogP contribution in [0.3, 0.4) is 0 Å². The predicted molar refractivity (Wildman–Crippen MR) is 79.8 cm³/mol. The molecule has 0 saturated heterocycles. The fourth-order valence-corrected chi connectivity index (χ4v) is 2.05. The van der Waals surface area contributed by atoms with Gasteiger partial charge >= 0.3 is 0 Å². The second-order valence-corrected chi connectivity index (χ2v) is 4.71. The van der Waals surface area contributed by atoms with Crippen molar-refractivity contribution < 1.29 is 9.53 Å². The summed E-state index contributed by atoms with van der Waals surface area (Å²) in [5.74, 6) is -0.0524. The van der Waals surface area contributed by atoms with Gasteiger partial charge in [0.1, 0.15) is 5.56 Å². The van der Waals surface area contributed by atoms with E-state index in [2.05, 4.69) is 10.3 Å². The zero-order chi connectivity index (χ0) is 14.5. The van der Waals surface area contributed by atoms with Crippen molar-refractivity contribution in [3.8, 4) is 5.88 Å². The Morgan fingerprint density at radius 2 is 2.15 bits per heavy atom. The second kappa shape index (κ2) is 6.59. The van der Waals surface area contributed by atoms with Gasteiger partial charge in [-0.05, 0) is 37.3 Å². The molecule has 4 nitrogen and oxygen atoms in total. The van der Waals surface area contributed by atoms with Crippen molar-refractivity contribution in [1.29, 1.82) is 0 Å². The SMILES string of the molecule is CCOc1ncccc1C(=O)Nc1ccc(Cl)cc1Cl. The Labute approximate surface area is 126 Å². The molecule has 0 saturated carbocycles. The van der Waals surface area contributed by atoms with E-state index < -0.39 is 0 Å². The number of rotatable bonds is 4. The van der Waals surface area contributed by atoms with Crippen LogP contribution in [0.15, 0.2) is 36.5 Å². The number of aromatic nitrogens is 1. The minimum absolute atomic E-state index is 0.289. The number of pyridine rings is 1. The van der Waals surface area contributed by atoms with Crippen LogP contribution >= 0.6 is 23.2 Å². The summed E-state index contributed by atoms with van der Waals surface area (Å²) < 4.78 is 5.32. The number of amides is 1. The lowest BCUT2D eigenvalue weighted by atomic mass is 10.2. The standard InChI is InChI=1S/C14H12Cl2N2O2/c1-2-20-14-10(4-3-7-17-14)13(19)18-12-6-5-9(15)8-11(12)16/h3-8H,2H2,1H3,(H,18,19). The Bertz CT molecular complexity index is 632. The quantitative estimate of drug-likeness (QED) is 0.927. The molecule has 20 heavy (non-hydrogen) atoms. The highest BCUT2D eigenvalue weighted by Gasteiger charge is 2.14. The Kier molecular flexibility index (Phi) is 4.82. The van der Waals surface area contributed by atoms with E-state index in [1.54, 1.807) is 36.5 Å². The third-order valence-corrected chi connectivity index (χ3v) is 3.02. The normalized spacial score (nSPS) is 10.2. The number of benzene rings is 1. The van der Waals surface area contributed by atoms with Crippen LogP contribution in [0, 0.1) is 0 Å². The number of hydrogen-bond donors (Lipinski definition) is 1. The lowest BCUT2D eigenvalue weighted by Gasteiger charge is -2.10. The van der Waals surface area contributed by atoms with Crippen molar-refractivity contribution in [3.05, 3.63) is 52.1 Å². The summed E-state index contributed by atoms with van der Waals surface area (Å²) in [5, 5.41) is 3.58. The van der Waals surface area contributed by atoms with Gasteiger partial charge in [0.2, 0.25) is 5.88 Å². The van der Waals surface area contributed by atoms with Gasteiger partial charge in [-0.3, -0.25) is 4.79 Å². The molecule has 1 heterocycles. The first-order valence-corrected chi connectivity index (χ1v) is 6.71. The van der Waals surface area contributed by atoms with Crippen molar-refractivity contribution in [2.45, 2.75) is 6.92 Å². The van der Waals surface area contributed by atoms with Gasteiger partial charge in [0.15, 0.2) is 0 Å². The zero-order valence-electron chi connectivity index (χ0n) is 10.7. The van der Waals surface area contributed by atoms with Crippen LogP contribution in [-0.2, 0) is 0 Å². The minimum atomic E-state index is -0.342. The number of hydrogen-bond acceptors (Lipinski definition) is 3. The Hall–Kier alpha value is -1.78. The molecule has 1 aromatic heterocycles. The van der Waals surface area contributed by atoms with Gasteiger partial charge in [0, 0.05) is 11.2 Å². The number of anilines is 1. The molecule has 0 fully saturated rings. The van der Waals surface area contributed by atoms with Gasteiger partial charge < -0.3 is 10.1 Å². The molecule has 0 spiro atoms. The first-order valence-electron chi connectivity index (χ1n) is 5.96. The maximum absolute atomic E-state index is 12.2. The van der Waals surface area contributed by atoms with E-state index in [1.807, 2.05) is 6.92 Å². The minimum Gasteiger partial charge on any atom is -0.477 e. The van der Waals surface area contributed by atoms with Crippen LogP contribution in [0.25, 0.3) is 0 Å². The van der Waals surface area contributed by atoms with Crippen LogP contribution in [-0.4, -0.2) is 17.5 Å². The molecule has 0 atom stereocenters. The van der Waals surface area contributed by atoms with E-state index in [-0.39, 0.29) is 11.8 Å². The van der Waals surface area contributed by atoms with Crippen molar-refractivity contribution in [1.82, 2.24) is 4.98 Å².